The first-order valence-corrected chi connectivity index (χ1v) is 7.65. The Hall–Kier alpha value is -2.11. The van der Waals surface area contributed by atoms with Crippen molar-refractivity contribution >= 4 is 12.1 Å². The number of carbonyl (C=O) groups excluding carboxylic acids is 1. The van der Waals surface area contributed by atoms with Crippen molar-refractivity contribution in [2.75, 3.05) is 6.54 Å². The molecule has 1 atom stereocenters. The Morgan fingerprint density at radius 1 is 1.39 bits per heavy atom. The first-order valence-electron chi connectivity index (χ1n) is 7.65. The molecule has 0 aliphatic heterocycles. The average molecular weight is 323 g/mol. The van der Waals surface area contributed by atoms with Gasteiger partial charge < -0.3 is 9.84 Å². The number of carboxylic acid groups (broad SMARTS) is 1. The lowest BCUT2D eigenvalue weighted by molar-refractivity contribution is -0.152. The highest BCUT2D eigenvalue weighted by molar-refractivity contribution is 5.87. The Bertz CT molecular complexity index is 638. The smallest absolute Gasteiger partial charge is 0.411 e. The van der Waals surface area contributed by atoms with Gasteiger partial charge in [-0.2, -0.15) is 0 Å². The van der Waals surface area contributed by atoms with Crippen molar-refractivity contribution < 1.29 is 23.8 Å². The fraction of sp³-hybridized carbons (Fsp3) is 0.529. The van der Waals surface area contributed by atoms with E-state index in [-0.39, 0.29) is 19.4 Å². The molecule has 1 aromatic carbocycles. The molecule has 0 saturated carbocycles. The topological polar surface area (TPSA) is 66.8 Å². The minimum atomic E-state index is -1.59. The molecule has 1 aromatic rings. The van der Waals surface area contributed by atoms with E-state index in [1.54, 1.807) is 33.8 Å². The molecule has 1 unspecified atom stereocenters. The number of hydrogen-bond donors (Lipinski definition) is 1. The monoisotopic (exact) mass is 323 g/mol. The summed E-state index contributed by atoms with van der Waals surface area (Å²) in [4.78, 5) is 25.8. The molecule has 5 nitrogen and oxygen atoms in total. The van der Waals surface area contributed by atoms with Crippen molar-refractivity contribution in [2.45, 2.75) is 51.7 Å². The molecule has 6 heteroatoms. The standard InChI is InChI=1S/C17H22FNO4/c1-5-19(15(22)23-16(2,3)4)17(14(20)21)10-9-11-12(17)7-6-8-13(11)18/h6-8H,5,9-10H2,1-4H3,(H,20,21). The predicted octanol–water partition coefficient (Wildman–Crippen LogP) is 3.31. The van der Waals surface area contributed by atoms with Gasteiger partial charge >= 0.3 is 12.1 Å². The minimum Gasteiger partial charge on any atom is -0.479 e. The zero-order valence-electron chi connectivity index (χ0n) is 13.9. The Morgan fingerprint density at radius 3 is 2.57 bits per heavy atom. The number of nitrogens with zero attached hydrogens (tertiary/aromatic N) is 1. The van der Waals surface area contributed by atoms with E-state index in [9.17, 15) is 19.1 Å². The highest BCUT2D eigenvalue weighted by atomic mass is 19.1. The third-order valence-electron chi connectivity index (χ3n) is 4.05. The van der Waals surface area contributed by atoms with Crippen LogP contribution in [0.3, 0.4) is 0 Å². The number of aliphatic carboxylic acids is 1. The first-order chi connectivity index (χ1) is 10.6. The lowest BCUT2D eigenvalue weighted by atomic mass is 9.89. The van der Waals surface area contributed by atoms with Crippen LogP contribution in [0.15, 0.2) is 18.2 Å². The molecule has 0 radical (unpaired) electrons. The third kappa shape index (κ3) is 2.90. The van der Waals surface area contributed by atoms with Gasteiger partial charge in [0.05, 0.1) is 0 Å². The summed E-state index contributed by atoms with van der Waals surface area (Å²) in [5, 5.41) is 9.88. The van der Waals surface area contributed by atoms with Crippen LogP contribution < -0.4 is 0 Å². The maximum absolute atomic E-state index is 14.0. The van der Waals surface area contributed by atoms with Crippen molar-refractivity contribution in [3.63, 3.8) is 0 Å². The number of ether oxygens (including phenoxy) is 1. The van der Waals surface area contributed by atoms with E-state index in [1.807, 2.05) is 0 Å². The summed E-state index contributed by atoms with van der Waals surface area (Å²) >= 11 is 0. The number of hydrogen-bond acceptors (Lipinski definition) is 3. The molecule has 0 heterocycles. The van der Waals surface area contributed by atoms with Gasteiger partial charge in [-0.3, -0.25) is 4.90 Å². The van der Waals surface area contributed by atoms with Crippen LogP contribution >= 0.6 is 0 Å². The first kappa shape index (κ1) is 17.2. The quantitative estimate of drug-likeness (QED) is 0.927. The summed E-state index contributed by atoms with van der Waals surface area (Å²) < 4.78 is 19.4. The zero-order chi connectivity index (χ0) is 17.4. The molecule has 23 heavy (non-hydrogen) atoms. The van der Waals surface area contributed by atoms with E-state index in [1.165, 1.54) is 17.0 Å². The number of likely N-dealkylation sites (N-methyl/N-ethyl adjacent to an activating group) is 1. The predicted molar refractivity (Wildman–Crippen MR) is 82.6 cm³/mol. The number of rotatable bonds is 3. The van der Waals surface area contributed by atoms with Gasteiger partial charge in [0.15, 0.2) is 5.54 Å². The lowest BCUT2D eigenvalue weighted by Crippen LogP contribution is -2.54. The van der Waals surface area contributed by atoms with Crippen LogP contribution in [0.1, 0.15) is 45.2 Å². The van der Waals surface area contributed by atoms with Gasteiger partial charge in [-0.05, 0) is 57.7 Å². The van der Waals surface area contributed by atoms with E-state index < -0.39 is 29.0 Å². The second-order valence-electron chi connectivity index (χ2n) is 6.66. The van der Waals surface area contributed by atoms with Crippen molar-refractivity contribution in [3.05, 3.63) is 35.1 Å². The average Bonchev–Trinajstić information content (AvgIpc) is 2.80. The van der Waals surface area contributed by atoms with E-state index in [4.69, 9.17) is 4.74 Å². The molecule has 1 aliphatic rings. The normalized spacial score (nSPS) is 20.0. The summed E-state index contributed by atoms with van der Waals surface area (Å²) in [7, 11) is 0. The van der Waals surface area contributed by atoms with Crippen LogP contribution in [0.2, 0.25) is 0 Å². The molecule has 0 bridgehead atoms. The van der Waals surface area contributed by atoms with Gasteiger partial charge in [-0.15, -0.1) is 0 Å². The zero-order valence-corrected chi connectivity index (χ0v) is 13.9. The molecular formula is C17H22FNO4. The molecule has 0 aromatic heterocycles. The van der Waals surface area contributed by atoms with Crippen molar-refractivity contribution in [1.29, 1.82) is 0 Å². The maximum atomic E-state index is 14.0. The van der Waals surface area contributed by atoms with E-state index in [0.717, 1.165) is 0 Å². The van der Waals surface area contributed by atoms with E-state index in [2.05, 4.69) is 0 Å². The number of carboxylic acids is 1. The number of amides is 1. The summed E-state index contributed by atoms with van der Waals surface area (Å²) in [6.45, 7) is 6.99. The molecule has 1 amide bonds. The van der Waals surface area contributed by atoms with E-state index in [0.29, 0.717) is 11.1 Å². The molecule has 2 rings (SSSR count). The van der Waals surface area contributed by atoms with Crippen molar-refractivity contribution in [3.8, 4) is 0 Å². The van der Waals surface area contributed by atoms with E-state index >= 15 is 0 Å². The summed E-state index contributed by atoms with van der Waals surface area (Å²) in [5.74, 6) is -1.61. The molecule has 0 spiro atoms. The van der Waals surface area contributed by atoms with Gasteiger partial charge in [-0.25, -0.2) is 14.0 Å². The second-order valence-corrected chi connectivity index (χ2v) is 6.66. The molecule has 0 saturated heterocycles. The number of carbonyl (C=O) groups is 2. The van der Waals surface area contributed by atoms with Gasteiger partial charge in [0.2, 0.25) is 0 Å². The summed E-state index contributed by atoms with van der Waals surface area (Å²) in [6.07, 6.45) is -0.307. The summed E-state index contributed by atoms with van der Waals surface area (Å²) in [6, 6.07) is 4.35. The molecular weight excluding hydrogens is 301 g/mol. The van der Waals surface area contributed by atoms with Crippen LogP contribution in [-0.4, -0.2) is 34.2 Å². The molecule has 126 valence electrons. The van der Waals surface area contributed by atoms with Crippen molar-refractivity contribution in [2.24, 2.45) is 0 Å². The second kappa shape index (κ2) is 5.83. The van der Waals surface area contributed by atoms with Gasteiger partial charge in [-0.1, -0.05) is 12.1 Å². The van der Waals surface area contributed by atoms with Crippen LogP contribution in [0.4, 0.5) is 9.18 Å². The minimum absolute atomic E-state index is 0.131. The van der Waals surface area contributed by atoms with Crippen LogP contribution in [0.25, 0.3) is 0 Å². The van der Waals surface area contributed by atoms with Gasteiger partial charge in [0.1, 0.15) is 11.4 Å². The largest absolute Gasteiger partial charge is 0.479 e. The Balaban J connectivity index is 2.53. The van der Waals surface area contributed by atoms with Gasteiger partial charge in [0, 0.05) is 6.54 Å². The Morgan fingerprint density at radius 2 is 2.04 bits per heavy atom. The third-order valence-corrected chi connectivity index (χ3v) is 4.05. The maximum Gasteiger partial charge on any atom is 0.411 e. The van der Waals surface area contributed by atoms with Gasteiger partial charge in [0.25, 0.3) is 0 Å². The molecule has 1 N–H and O–H groups in total. The highest BCUT2D eigenvalue weighted by Crippen LogP contribution is 2.43. The Labute approximate surface area is 135 Å². The lowest BCUT2D eigenvalue weighted by Gasteiger charge is -2.38. The number of benzene rings is 1. The fourth-order valence-corrected chi connectivity index (χ4v) is 3.13. The number of fused-ring (bicyclic) bond motifs is 1. The molecule has 0 fully saturated rings. The fourth-order valence-electron chi connectivity index (χ4n) is 3.13. The highest BCUT2D eigenvalue weighted by Gasteiger charge is 2.53. The van der Waals surface area contributed by atoms with Crippen LogP contribution in [0.5, 0.6) is 0 Å². The Kier molecular flexibility index (Phi) is 4.37. The van der Waals surface area contributed by atoms with Crippen LogP contribution in [0, 0.1) is 5.82 Å². The molecule has 1 aliphatic carbocycles. The van der Waals surface area contributed by atoms with Crippen molar-refractivity contribution in [1.82, 2.24) is 4.90 Å². The van der Waals surface area contributed by atoms with Crippen LogP contribution in [-0.2, 0) is 21.5 Å². The number of halogens is 1. The SMILES string of the molecule is CCN(C(=O)OC(C)(C)C)C1(C(=O)O)CCc2c(F)cccc21. The summed E-state index contributed by atoms with van der Waals surface area (Å²) in [5.41, 5.74) is -1.64.